The highest BCUT2D eigenvalue weighted by Crippen LogP contribution is 2.25. The number of rotatable bonds is 5. The fraction of sp³-hybridized carbons (Fsp3) is 0.400. The fourth-order valence-corrected chi connectivity index (χ4v) is 4.00. The molecule has 25 heavy (non-hydrogen) atoms. The number of amides is 1. The van der Waals surface area contributed by atoms with Crippen LogP contribution in [-0.2, 0) is 14.3 Å². The van der Waals surface area contributed by atoms with Gasteiger partial charge in [0.25, 0.3) is 0 Å². The Bertz CT molecular complexity index is 761. The van der Waals surface area contributed by atoms with Crippen molar-refractivity contribution < 1.29 is 14.3 Å². The highest BCUT2D eigenvalue weighted by molar-refractivity contribution is 8.00. The van der Waals surface area contributed by atoms with E-state index < -0.39 is 0 Å². The summed E-state index contributed by atoms with van der Waals surface area (Å²) in [4.78, 5) is 27.3. The molecule has 0 aromatic heterocycles. The highest BCUT2D eigenvalue weighted by Gasteiger charge is 2.29. The molecule has 5 heteroatoms. The van der Waals surface area contributed by atoms with Gasteiger partial charge >= 0.3 is 5.97 Å². The summed E-state index contributed by atoms with van der Waals surface area (Å²) < 4.78 is 5.10. The molecular weight excluding hydrogens is 334 g/mol. The fourth-order valence-electron chi connectivity index (χ4n) is 3.15. The SMILES string of the molecule is CCOC(=O)[C@@H]1CCCN(C(=O)CSc2ccc3ccccc3c2)C1. The molecule has 1 fully saturated rings. The van der Waals surface area contributed by atoms with Crippen molar-refractivity contribution in [2.75, 3.05) is 25.4 Å². The van der Waals surface area contributed by atoms with Crippen molar-refractivity contribution in [1.82, 2.24) is 4.90 Å². The van der Waals surface area contributed by atoms with Crippen molar-refractivity contribution in [3.63, 3.8) is 0 Å². The number of likely N-dealkylation sites (tertiary alicyclic amines) is 1. The Balaban J connectivity index is 1.56. The predicted octanol–water partition coefficient (Wildman–Crippen LogP) is 3.73. The van der Waals surface area contributed by atoms with Crippen LogP contribution in [0.1, 0.15) is 19.8 Å². The molecule has 132 valence electrons. The summed E-state index contributed by atoms with van der Waals surface area (Å²) >= 11 is 1.55. The first kappa shape index (κ1) is 17.8. The number of thioether (sulfide) groups is 1. The van der Waals surface area contributed by atoms with E-state index in [4.69, 9.17) is 4.74 Å². The first-order chi connectivity index (χ1) is 12.2. The number of benzene rings is 2. The number of nitrogens with zero attached hydrogens (tertiary/aromatic N) is 1. The normalized spacial score (nSPS) is 17.5. The van der Waals surface area contributed by atoms with Crippen LogP contribution in [0, 0.1) is 5.92 Å². The Morgan fingerprint density at radius 2 is 2.00 bits per heavy atom. The van der Waals surface area contributed by atoms with Crippen LogP contribution in [0.15, 0.2) is 47.4 Å². The molecule has 0 saturated carbocycles. The standard InChI is InChI=1S/C20H23NO3S/c1-2-24-20(23)17-8-5-11-21(13-17)19(22)14-25-18-10-9-15-6-3-4-7-16(15)12-18/h3-4,6-7,9-10,12,17H,2,5,8,11,13-14H2,1H3/t17-/m1/s1. The third kappa shape index (κ3) is 4.54. The minimum absolute atomic E-state index is 0.0900. The number of carbonyl (C=O) groups is 2. The molecular formula is C20H23NO3S. The van der Waals surface area contributed by atoms with E-state index in [2.05, 4.69) is 30.3 Å². The summed E-state index contributed by atoms with van der Waals surface area (Å²) in [5, 5.41) is 2.38. The van der Waals surface area contributed by atoms with Gasteiger partial charge in [-0.1, -0.05) is 30.3 Å². The van der Waals surface area contributed by atoms with Crippen LogP contribution in [-0.4, -0.2) is 42.2 Å². The number of piperidine rings is 1. The van der Waals surface area contributed by atoms with E-state index in [-0.39, 0.29) is 17.8 Å². The van der Waals surface area contributed by atoms with Crippen LogP contribution < -0.4 is 0 Å². The van der Waals surface area contributed by atoms with Gasteiger partial charge in [-0.15, -0.1) is 11.8 Å². The Kier molecular flexibility index (Phi) is 5.97. The topological polar surface area (TPSA) is 46.6 Å². The van der Waals surface area contributed by atoms with E-state index in [1.165, 1.54) is 10.8 Å². The lowest BCUT2D eigenvalue weighted by molar-refractivity contribution is -0.151. The number of carbonyl (C=O) groups excluding carboxylic acids is 2. The van der Waals surface area contributed by atoms with Gasteiger partial charge in [0.05, 0.1) is 18.3 Å². The molecule has 2 aromatic carbocycles. The first-order valence-corrected chi connectivity index (χ1v) is 9.72. The lowest BCUT2D eigenvalue weighted by Gasteiger charge is -2.31. The zero-order chi connectivity index (χ0) is 17.6. The summed E-state index contributed by atoms with van der Waals surface area (Å²) in [5.41, 5.74) is 0. The third-order valence-corrected chi connectivity index (χ3v) is 5.46. The van der Waals surface area contributed by atoms with Crippen LogP contribution in [0.4, 0.5) is 0 Å². The van der Waals surface area contributed by atoms with Crippen molar-refractivity contribution in [2.24, 2.45) is 5.92 Å². The molecule has 0 spiro atoms. The van der Waals surface area contributed by atoms with Gasteiger partial charge in [0.2, 0.25) is 5.91 Å². The summed E-state index contributed by atoms with van der Waals surface area (Å²) in [5.74, 6) is 0.131. The summed E-state index contributed by atoms with van der Waals surface area (Å²) in [6.07, 6.45) is 1.66. The summed E-state index contributed by atoms with van der Waals surface area (Å²) in [7, 11) is 0. The van der Waals surface area contributed by atoms with Gasteiger partial charge in [-0.2, -0.15) is 0 Å². The number of esters is 1. The predicted molar refractivity (Wildman–Crippen MR) is 101 cm³/mol. The van der Waals surface area contributed by atoms with Gasteiger partial charge in [0.15, 0.2) is 0 Å². The Hall–Kier alpha value is -2.01. The molecule has 1 aliphatic heterocycles. The summed E-state index contributed by atoms with van der Waals surface area (Å²) in [6, 6.07) is 14.5. The highest BCUT2D eigenvalue weighted by atomic mass is 32.2. The average molecular weight is 357 g/mol. The molecule has 0 bridgehead atoms. The van der Waals surface area contributed by atoms with Gasteiger partial charge in [0.1, 0.15) is 0 Å². The van der Waals surface area contributed by atoms with Crippen LogP contribution in [0.2, 0.25) is 0 Å². The Morgan fingerprint density at radius 1 is 1.20 bits per heavy atom. The van der Waals surface area contributed by atoms with Crippen LogP contribution >= 0.6 is 11.8 Å². The van der Waals surface area contributed by atoms with Gasteiger partial charge < -0.3 is 9.64 Å². The van der Waals surface area contributed by atoms with Gasteiger partial charge in [0, 0.05) is 18.0 Å². The second-order valence-electron chi connectivity index (χ2n) is 6.23. The number of ether oxygens (including phenoxy) is 1. The number of fused-ring (bicyclic) bond motifs is 1. The second-order valence-corrected chi connectivity index (χ2v) is 7.28. The van der Waals surface area contributed by atoms with E-state index in [0.717, 1.165) is 24.3 Å². The zero-order valence-electron chi connectivity index (χ0n) is 14.4. The lowest BCUT2D eigenvalue weighted by atomic mass is 9.98. The van der Waals surface area contributed by atoms with E-state index >= 15 is 0 Å². The molecule has 1 aliphatic rings. The molecule has 4 nitrogen and oxygen atoms in total. The van der Waals surface area contributed by atoms with Crippen molar-refractivity contribution in [1.29, 1.82) is 0 Å². The van der Waals surface area contributed by atoms with Gasteiger partial charge in [-0.25, -0.2) is 0 Å². The first-order valence-electron chi connectivity index (χ1n) is 8.73. The van der Waals surface area contributed by atoms with Crippen LogP contribution in [0.3, 0.4) is 0 Å². The lowest BCUT2D eigenvalue weighted by Crippen LogP contribution is -2.43. The largest absolute Gasteiger partial charge is 0.466 e. The molecule has 2 aromatic rings. The molecule has 0 N–H and O–H groups in total. The zero-order valence-corrected chi connectivity index (χ0v) is 15.3. The second kappa shape index (κ2) is 8.39. The maximum Gasteiger partial charge on any atom is 0.310 e. The molecule has 3 rings (SSSR count). The third-order valence-electron chi connectivity index (χ3n) is 4.48. The average Bonchev–Trinajstić information content (AvgIpc) is 2.66. The number of hydrogen-bond donors (Lipinski definition) is 0. The molecule has 0 radical (unpaired) electrons. The van der Waals surface area contributed by atoms with E-state index in [0.29, 0.717) is 18.9 Å². The maximum atomic E-state index is 12.5. The number of hydrogen-bond acceptors (Lipinski definition) is 4. The van der Waals surface area contributed by atoms with Crippen molar-refractivity contribution in [3.8, 4) is 0 Å². The van der Waals surface area contributed by atoms with E-state index in [9.17, 15) is 9.59 Å². The van der Waals surface area contributed by atoms with Crippen molar-refractivity contribution in [2.45, 2.75) is 24.7 Å². The monoisotopic (exact) mass is 357 g/mol. The van der Waals surface area contributed by atoms with E-state index in [1.54, 1.807) is 16.7 Å². The Labute approximate surface area is 152 Å². The molecule has 1 amide bonds. The molecule has 0 aliphatic carbocycles. The van der Waals surface area contributed by atoms with Crippen LogP contribution in [0.5, 0.6) is 0 Å². The van der Waals surface area contributed by atoms with Crippen molar-refractivity contribution >= 4 is 34.4 Å². The van der Waals surface area contributed by atoms with Crippen LogP contribution in [0.25, 0.3) is 10.8 Å². The molecule has 0 unspecified atom stereocenters. The minimum Gasteiger partial charge on any atom is -0.466 e. The Morgan fingerprint density at radius 3 is 2.80 bits per heavy atom. The summed E-state index contributed by atoms with van der Waals surface area (Å²) in [6.45, 7) is 3.41. The molecule has 1 saturated heterocycles. The smallest absolute Gasteiger partial charge is 0.310 e. The van der Waals surface area contributed by atoms with Gasteiger partial charge in [-0.05, 0) is 42.7 Å². The quantitative estimate of drug-likeness (QED) is 0.604. The maximum absolute atomic E-state index is 12.5. The molecule has 1 atom stereocenters. The molecule has 1 heterocycles. The van der Waals surface area contributed by atoms with E-state index in [1.807, 2.05) is 19.1 Å². The van der Waals surface area contributed by atoms with Gasteiger partial charge in [-0.3, -0.25) is 9.59 Å². The minimum atomic E-state index is -0.179. The van der Waals surface area contributed by atoms with Crippen molar-refractivity contribution in [3.05, 3.63) is 42.5 Å².